The zero-order valence-electron chi connectivity index (χ0n) is 9.88. The molecule has 0 radical (unpaired) electrons. The van der Waals surface area contributed by atoms with Crippen LogP contribution >= 0.6 is 11.3 Å². The number of Topliss-reactive ketones (excluding diaryl/α,β-unsaturated/α-hetero) is 1. The van der Waals surface area contributed by atoms with Crippen LogP contribution in [0.15, 0.2) is 39.9 Å². The smallest absolute Gasteiger partial charge is 0.271 e. The predicted molar refractivity (Wildman–Crippen MR) is 71.5 cm³/mol. The van der Waals surface area contributed by atoms with Crippen LogP contribution in [0.1, 0.15) is 17.3 Å². The SMILES string of the molecule is CC(=O)c1ccc(F)cc1NS(=O)(=O)c1cccs1. The first-order chi connectivity index (χ1) is 8.90. The van der Waals surface area contributed by atoms with E-state index in [0.29, 0.717) is 0 Å². The summed E-state index contributed by atoms with van der Waals surface area (Å²) in [5, 5.41) is 1.62. The van der Waals surface area contributed by atoms with Crippen LogP contribution in [0.25, 0.3) is 0 Å². The van der Waals surface area contributed by atoms with Crippen molar-refractivity contribution in [3.63, 3.8) is 0 Å². The zero-order valence-corrected chi connectivity index (χ0v) is 11.5. The van der Waals surface area contributed by atoms with Crippen molar-refractivity contribution < 1.29 is 17.6 Å². The summed E-state index contributed by atoms with van der Waals surface area (Å²) in [5.74, 6) is -0.960. The lowest BCUT2D eigenvalue weighted by atomic mass is 10.1. The van der Waals surface area contributed by atoms with E-state index in [-0.39, 0.29) is 21.2 Å². The van der Waals surface area contributed by atoms with Crippen LogP contribution in [0.4, 0.5) is 10.1 Å². The van der Waals surface area contributed by atoms with E-state index < -0.39 is 15.8 Å². The predicted octanol–water partition coefficient (Wildman–Crippen LogP) is 2.89. The maximum Gasteiger partial charge on any atom is 0.271 e. The lowest BCUT2D eigenvalue weighted by Crippen LogP contribution is -2.14. The summed E-state index contributed by atoms with van der Waals surface area (Å²) >= 11 is 1.04. The molecule has 7 heteroatoms. The van der Waals surface area contributed by atoms with E-state index in [9.17, 15) is 17.6 Å². The van der Waals surface area contributed by atoms with E-state index in [1.165, 1.54) is 19.1 Å². The number of hydrogen-bond acceptors (Lipinski definition) is 4. The van der Waals surface area contributed by atoms with Gasteiger partial charge < -0.3 is 0 Å². The number of thiophene rings is 1. The van der Waals surface area contributed by atoms with Gasteiger partial charge in [-0.15, -0.1) is 11.3 Å². The Labute approximate surface area is 113 Å². The van der Waals surface area contributed by atoms with Gasteiger partial charge in [-0.3, -0.25) is 9.52 Å². The molecule has 19 heavy (non-hydrogen) atoms. The maximum absolute atomic E-state index is 13.2. The number of benzene rings is 1. The first kappa shape index (κ1) is 13.7. The molecule has 0 aliphatic carbocycles. The molecule has 0 unspecified atom stereocenters. The van der Waals surface area contributed by atoms with Crippen LogP contribution in [0.3, 0.4) is 0 Å². The van der Waals surface area contributed by atoms with Gasteiger partial charge in [-0.1, -0.05) is 6.07 Å². The third-order valence-corrected chi connectivity index (χ3v) is 5.13. The largest absolute Gasteiger partial charge is 0.294 e. The van der Waals surface area contributed by atoms with Crippen LogP contribution in [-0.4, -0.2) is 14.2 Å². The van der Waals surface area contributed by atoms with Crippen molar-refractivity contribution in [3.8, 4) is 0 Å². The Bertz CT molecular complexity index is 709. The van der Waals surface area contributed by atoms with Gasteiger partial charge in [0.1, 0.15) is 10.0 Å². The molecular formula is C12H10FNO3S2. The van der Waals surface area contributed by atoms with Gasteiger partial charge in [0.05, 0.1) is 5.69 Å². The van der Waals surface area contributed by atoms with Crippen LogP contribution in [-0.2, 0) is 10.0 Å². The van der Waals surface area contributed by atoms with Gasteiger partial charge in [-0.2, -0.15) is 0 Å². The minimum absolute atomic E-state index is 0.0547. The minimum atomic E-state index is -3.79. The highest BCUT2D eigenvalue weighted by Crippen LogP contribution is 2.24. The molecule has 2 aromatic rings. The normalized spacial score (nSPS) is 11.3. The molecule has 0 amide bonds. The van der Waals surface area contributed by atoms with Crippen LogP contribution < -0.4 is 4.72 Å². The Morgan fingerprint density at radius 1 is 1.32 bits per heavy atom. The molecule has 0 fully saturated rings. The van der Waals surface area contributed by atoms with Crippen molar-refractivity contribution in [2.75, 3.05) is 4.72 Å². The van der Waals surface area contributed by atoms with Crippen molar-refractivity contribution in [1.29, 1.82) is 0 Å². The van der Waals surface area contributed by atoms with Crippen molar-refractivity contribution in [2.45, 2.75) is 11.1 Å². The first-order valence-corrected chi connectivity index (χ1v) is 7.63. The van der Waals surface area contributed by atoms with Crippen LogP contribution in [0, 0.1) is 5.82 Å². The number of carbonyl (C=O) groups is 1. The van der Waals surface area contributed by atoms with Gasteiger partial charge in [0.25, 0.3) is 10.0 Å². The molecule has 2 rings (SSSR count). The summed E-state index contributed by atoms with van der Waals surface area (Å²) in [6, 6.07) is 6.38. The molecule has 0 aliphatic rings. The third kappa shape index (κ3) is 2.99. The van der Waals surface area contributed by atoms with Crippen molar-refractivity contribution >= 4 is 32.8 Å². The highest BCUT2D eigenvalue weighted by molar-refractivity contribution is 7.94. The number of carbonyl (C=O) groups excluding carboxylic acids is 1. The molecule has 0 aliphatic heterocycles. The highest BCUT2D eigenvalue weighted by Gasteiger charge is 2.18. The van der Waals surface area contributed by atoms with Gasteiger partial charge in [0, 0.05) is 5.56 Å². The summed E-state index contributed by atoms with van der Waals surface area (Å²) < 4.78 is 39.5. The van der Waals surface area contributed by atoms with Gasteiger partial charge in [-0.25, -0.2) is 12.8 Å². The van der Waals surface area contributed by atoms with E-state index in [2.05, 4.69) is 4.72 Å². The number of ketones is 1. The molecule has 1 heterocycles. The molecule has 0 bridgehead atoms. The summed E-state index contributed by atoms with van der Waals surface area (Å²) in [4.78, 5) is 11.4. The number of sulfonamides is 1. The lowest BCUT2D eigenvalue weighted by Gasteiger charge is -2.10. The average molecular weight is 299 g/mol. The molecule has 4 nitrogen and oxygen atoms in total. The van der Waals surface area contributed by atoms with E-state index in [4.69, 9.17) is 0 Å². The summed E-state index contributed by atoms with van der Waals surface area (Å²) in [5.41, 5.74) is 0.0717. The molecule has 0 atom stereocenters. The Morgan fingerprint density at radius 2 is 2.05 bits per heavy atom. The molecule has 1 aromatic carbocycles. The summed E-state index contributed by atoms with van der Waals surface area (Å²) in [7, 11) is -3.79. The second-order valence-electron chi connectivity index (χ2n) is 3.78. The van der Waals surface area contributed by atoms with Crippen LogP contribution in [0.2, 0.25) is 0 Å². The van der Waals surface area contributed by atoms with E-state index in [0.717, 1.165) is 23.5 Å². The van der Waals surface area contributed by atoms with Crippen LogP contribution in [0.5, 0.6) is 0 Å². The topological polar surface area (TPSA) is 63.2 Å². The van der Waals surface area contributed by atoms with Crippen molar-refractivity contribution in [1.82, 2.24) is 0 Å². The Balaban J connectivity index is 2.44. The minimum Gasteiger partial charge on any atom is -0.294 e. The molecule has 0 saturated heterocycles. The Hall–Kier alpha value is -1.73. The highest BCUT2D eigenvalue weighted by atomic mass is 32.2. The fourth-order valence-electron chi connectivity index (χ4n) is 1.52. The fourth-order valence-corrected chi connectivity index (χ4v) is 3.58. The van der Waals surface area contributed by atoms with Gasteiger partial charge in [0.15, 0.2) is 5.78 Å². The first-order valence-electron chi connectivity index (χ1n) is 5.27. The molecule has 0 spiro atoms. The monoisotopic (exact) mass is 299 g/mol. The quantitative estimate of drug-likeness (QED) is 0.883. The van der Waals surface area contributed by atoms with E-state index in [1.54, 1.807) is 11.4 Å². The Morgan fingerprint density at radius 3 is 2.63 bits per heavy atom. The molecular weight excluding hydrogens is 289 g/mol. The molecule has 1 aromatic heterocycles. The molecule has 100 valence electrons. The van der Waals surface area contributed by atoms with Gasteiger partial charge in [-0.05, 0) is 36.6 Å². The van der Waals surface area contributed by atoms with Gasteiger partial charge in [0.2, 0.25) is 0 Å². The fraction of sp³-hybridized carbons (Fsp3) is 0.0833. The second-order valence-corrected chi connectivity index (χ2v) is 6.64. The summed E-state index contributed by atoms with van der Waals surface area (Å²) in [6.07, 6.45) is 0. The average Bonchev–Trinajstić information content (AvgIpc) is 2.81. The third-order valence-electron chi connectivity index (χ3n) is 2.37. The maximum atomic E-state index is 13.2. The number of nitrogens with one attached hydrogen (secondary N) is 1. The molecule has 0 saturated carbocycles. The standard InChI is InChI=1S/C12H10FNO3S2/c1-8(15)10-5-4-9(13)7-11(10)14-19(16,17)12-3-2-6-18-12/h2-7,14H,1H3. The molecule has 1 N–H and O–H groups in total. The van der Waals surface area contributed by atoms with Gasteiger partial charge >= 0.3 is 0 Å². The lowest BCUT2D eigenvalue weighted by molar-refractivity contribution is 0.101. The number of rotatable bonds is 4. The number of halogens is 1. The number of anilines is 1. The van der Waals surface area contributed by atoms with E-state index in [1.807, 2.05) is 0 Å². The summed E-state index contributed by atoms with van der Waals surface area (Å²) in [6.45, 7) is 1.29. The van der Waals surface area contributed by atoms with Crippen molar-refractivity contribution in [3.05, 3.63) is 47.1 Å². The number of hydrogen-bond donors (Lipinski definition) is 1. The van der Waals surface area contributed by atoms with Crippen molar-refractivity contribution in [2.24, 2.45) is 0 Å². The Kier molecular flexibility index (Phi) is 3.68. The van der Waals surface area contributed by atoms with E-state index >= 15 is 0 Å². The zero-order chi connectivity index (χ0) is 14.0. The second kappa shape index (κ2) is 5.10.